The van der Waals surface area contributed by atoms with Gasteiger partial charge >= 0.3 is 0 Å². The van der Waals surface area contributed by atoms with Crippen molar-refractivity contribution >= 4 is 55.9 Å². The van der Waals surface area contributed by atoms with Crippen molar-refractivity contribution in [2.45, 2.75) is 84.0 Å². The average molecular weight is 954 g/mol. The van der Waals surface area contributed by atoms with Gasteiger partial charge in [-0.1, -0.05) is 183 Å². The molecule has 0 aliphatic carbocycles. The van der Waals surface area contributed by atoms with E-state index in [2.05, 4.69) is 295 Å². The summed E-state index contributed by atoms with van der Waals surface area (Å²) in [5.41, 5.74) is 17.5. The second-order valence-electron chi connectivity index (χ2n) is 22.9. The van der Waals surface area contributed by atoms with E-state index in [1.807, 2.05) is 6.20 Å². The lowest BCUT2D eigenvalue weighted by Crippen LogP contribution is -2.25. The smallest absolute Gasteiger partial charge is 0.137 e. The normalized spacial score (nSPS) is 13.2. The number of pyridine rings is 1. The highest BCUT2D eigenvalue weighted by Gasteiger charge is 2.33. The predicted octanol–water partition coefficient (Wildman–Crippen LogP) is 17.5. The number of hydrogen-bond donors (Lipinski definition) is 0. The van der Waals surface area contributed by atoms with E-state index >= 15 is 0 Å². The molecule has 0 saturated heterocycles. The summed E-state index contributed by atoms with van der Waals surface area (Å²) in [6.45, 7) is 21.6. The van der Waals surface area contributed by atoms with E-state index in [1.165, 1.54) is 66.8 Å². The molecule has 1 aliphatic rings. The van der Waals surface area contributed by atoms with Gasteiger partial charge < -0.3 is 14.7 Å². The van der Waals surface area contributed by atoms with E-state index in [-0.39, 0.29) is 16.2 Å². The Morgan fingerprint density at radius 3 is 1.56 bits per heavy atom. The topological polar surface area (TPSA) is 27.5 Å². The maximum atomic E-state index is 5.21. The van der Waals surface area contributed by atoms with Crippen molar-refractivity contribution in [1.29, 1.82) is 0 Å². The molecule has 364 valence electrons. The SMILES string of the molecule is CN(c1cccc(N2CN(c3cc(C(C)(C)C)cc(C(C)(C)C)c3)c3ccccc32)c1)c1ccc2c3cc(C(C)(C)c4ccccc4)ccc3n(-c3cc(C(C)(c4ccccc4)c4ccccc4)ccn3)c2c1. The molecule has 10 aromatic rings. The van der Waals surface area contributed by atoms with Gasteiger partial charge in [0, 0.05) is 57.6 Å². The van der Waals surface area contributed by atoms with Crippen molar-refractivity contribution in [3.05, 3.63) is 251 Å². The van der Waals surface area contributed by atoms with Crippen LogP contribution in [0.2, 0.25) is 0 Å². The fourth-order valence-electron chi connectivity index (χ4n) is 11.1. The minimum atomic E-state index is -0.430. The number of nitrogens with zero attached hydrogens (tertiary/aromatic N) is 5. The Morgan fingerprint density at radius 2 is 0.959 bits per heavy atom. The van der Waals surface area contributed by atoms with Crippen molar-refractivity contribution < 1.29 is 0 Å². The van der Waals surface area contributed by atoms with Crippen molar-refractivity contribution in [3.63, 3.8) is 0 Å². The van der Waals surface area contributed by atoms with E-state index in [0.29, 0.717) is 6.67 Å². The number of para-hydroxylation sites is 2. The molecule has 11 rings (SSSR count). The zero-order valence-electron chi connectivity index (χ0n) is 44.2. The third kappa shape index (κ3) is 8.45. The van der Waals surface area contributed by atoms with Crippen LogP contribution >= 0.6 is 0 Å². The van der Waals surface area contributed by atoms with Gasteiger partial charge in [0.1, 0.15) is 12.5 Å². The van der Waals surface area contributed by atoms with Gasteiger partial charge in [-0.25, -0.2) is 4.98 Å². The van der Waals surface area contributed by atoms with Crippen LogP contribution in [0.15, 0.2) is 212 Å². The number of rotatable bonds is 10. The van der Waals surface area contributed by atoms with Crippen LogP contribution in [0.1, 0.15) is 101 Å². The fraction of sp³-hybridized carbons (Fsp3) is 0.221. The van der Waals surface area contributed by atoms with Gasteiger partial charge in [0.05, 0.1) is 22.4 Å². The molecule has 73 heavy (non-hydrogen) atoms. The standard InChI is InChI=1S/C68H67N5/c1-65(2,3)52-39-53(66(4,5)6)41-57(40-52)72-46-71(61-31-20-21-32-62(61)72)56-30-22-29-54(44-56)70(10)55-34-35-58-59-42-50(67(7,8)47-23-14-11-15-24-47)33-36-60(59)73(63(58)45-55)64-43-51(37-38-69-64)68(9,48-25-16-12-17-26-48)49-27-18-13-19-28-49/h11-45H,46H2,1-10H3. The lowest BCUT2D eigenvalue weighted by molar-refractivity contribution is 0.568. The molecule has 0 unspecified atom stereocenters. The first-order chi connectivity index (χ1) is 35.0. The summed E-state index contributed by atoms with van der Waals surface area (Å²) in [7, 11) is 2.19. The molecule has 1 aliphatic heterocycles. The summed E-state index contributed by atoms with van der Waals surface area (Å²) in [5.74, 6) is 0.882. The van der Waals surface area contributed by atoms with Crippen molar-refractivity contribution in [2.75, 3.05) is 28.4 Å². The summed E-state index contributed by atoms with van der Waals surface area (Å²) in [6, 6.07) is 76.1. The van der Waals surface area contributed by atoms with E-state index in [1.54, 1.807) is 0 Å². The molecule has 0 saturated carbocycles. The Kier molecular flexibility index (Phi) is 11.7. The van der Waals surface area contributed by atoms with E-state index in [4.69, 9.17) is 4.98 Å². The van der Waals surface area contributed by atoms with Gasteiger partial charge in [0.2, 0.25) is 0 Å². The van der Waals surface area contributed by atoms with Crippen LogP contribution in [0.4, 0.5) is 34.1 Å². The Labute approximate surface area is 433 Å². The van der Waals surface area contributed by atoms with Crippen LogP contribution in [0.5, 0.6) is 0 Å². The number of benzene rings is 8. The molecular weight excluding hydrogens is 887 g/mol. The van der Waals surface area contributed by atoms with Gasteiger partial charge in [0.15, 0.2) is 0 Å². The maximum absolute atomic E-state index is 5.21. The molecule has 0 amide bonds. The lowest BCUT2D eigenvalue weighted by Gasteiger charge is -2.32. The van der Waals surface area contributed by atoms with E-state index in [0.717, 1.165) is 33.9 Å². The van der Waals surface area contributed by atoms with Crippen LogP contribution < -0.4 is 14.7 Å². The summed E-state index contributed by atoms with van der Waals surface area (Å²) in [5, 5.41) is 2.39. The average Bonchev–Trinajstić information content (AvgIpc) is 3.96. The van der Waals surface area contributed by atoms with Gasteiger partial charge in [-0.2, -0.15) is 0 Å². The first-order valence-corrected chi connectivity index (χ1v) is 25.9. The number of hydrogen-bond acceptors (Lipinski definition) is 4. The third-order valence-electron chi connectivity index (χ3n) is 15.8. The highest BCUT2D eigenvalue weighted by molar-refractivity contribution is 6.10. The van der Waals surface area contributed by atoms with E-state index < -0.39 is 5.41 Å². The van der Waals surface area contributed by atoms with Crippen LogP contribution in [0.25, 0.3) is 27.6 Å². The van der Waals surface area contributed by atoms with Crippen LogP contribution in [0, 0.1) is 0 Å². The Balaban J connectivity index is 1.02. The second-order valence-corrected chi connectivity index (χ2v) is 22.9. The number of fused-ring (bicyclic) bond motifs is 4. The first kappa shape index (κ1) is 47.4. The zero-order chi connectivity index (χ0) is 50.9. The Bertz CT molecular complexity index is 3560. The summed E-state index contributed by atoms with van der Waals surface area (Å²) >= 11 is 0. The Hall–Kier alpha value is -7.89. The fourth-order valence-corrected chi connectivity index (χ4v) is 11.1. The van der Waals surface area contributed by atoms with Gasteiger partial charge in [-0.3, -0.25) is 4.57 Å². The summed E-state index contributed by atoms with van der Waals surface area (Å²) in [6.07, 6.45) is 1.99. The predicted molar refractivity (Wildman–Crippen MR) is 310 cm³/mol. The molecule has 5 heteroatoms. The second kappa shape index (κ2) is 18.0. The van der Waals surface area contributed by atoms with Crippen LogP contribution in [-0.4, -0.2) is 23.3 Å². The molecule has 8 aromatic carbocycles. The molecule has 0 bridgehead atoms. The van der Waals surface area contributed by atoms with E-state index in [9.17, 15) is 0 Å². The molecule has 0 fully saturated rings. The van der Waals surface area contributed by atoms with Gasteiger partial charge in [-0.05, 0) is 136 Å². The molecule has 3 heterocycles. The number of aromatic nitrogens is 2. The highest BCUT2D eigenvalue weighted by Crippen LogP contribution is 2.47. The summed E-state index contributed by atoms with van der Waals surface area (Å²) in [4.78, 5) is 12.5. The van der Waals surface area contributed by atoms with Gasteiger partial charge in [0.25, 0.3) is 0 Å². The van der Waals surface area contributed by atoms with Crippen molar-refractivity contribution in [1.82, 2.24) is 9.55 Å². The minimum Gasteiger partial charge on any atom is -0.344 e. The Morgan fingerprint density at radius 1 is 0.397 bits per heavy atom. The minimum absolute atomic E-state index is 0.0140. The summed E-state index contributed by atoms with van der Waals surface area (Å²) < 4.78 is 2.38. The molecular formula is C68H67N5. The monoisotopic (exact) mass is 954 g/mol. The maximum Gasteiger partial charge on any atom is 0.137 e. The molecule has 5 nitrogen and oxygen atoms in total. The first-order valence-electron chi connectivity index (χ1n) is 25.9. The molecule has 0 atom stereocenters. The molecule has 0 radical (unpaired) electrons. The van der Waals surface area contributed by atoms with Gasteiger partial charge in [-0.15, -0.1) is 0 Å². The molecule has 0 N–H and O–H groups in total. The largest absolute Gasteiger partial charge is 0.344 e. The molecule has 2 aromatic heterocycles. The van der Waals surface area contributed by atoms with Crippen LogP contribution in [0.3, 0.4) is 0 Å². The van der Waals surface area contributed by atoms with Crippen LogP contribution in [-0.2, 0) is 21.7 Å². The lowest BCUT2D eigenvalue weighted by atomic mass is 9.71. The number of anilines is 6. The highest BCUT2D eigenvalue weighted by atomic mass is 15.4. The third-order valence-corrected chi connectivity index (χ3v) is 15.8. The van der Waals surface area contributed by atoms with Crippen molar-refractivity contribution in [3.8, 4) is 5.82 Å². The molecule has 0 spiro atoms. The van der Waals surface area contributed by atoms with Crippen molar-refractivity contribution in [2.24, 2.45) is 0 Å². The quantitative estimate of drug-likeness (QED) is 0.137. The zero-order valence-corrected chi connectivity index (χ0v) is 44.2.